The van der Waals surface area contributed by atoms with Gasteiger partial charge in [0.05, 0.1) is 23.4 Å². The molecule has 3 amide bonds. The Hall–Kier alpha value is -2.51. The van der Waals surface area contributed by atoms with Crippen LogP contribution in [0.2, 0.25) is 10.0 Å². The Bertz CT molecular complexity index is 746. The third-order valence-corrected chi connectivity index (χ3v) is 3.29. The molecule has 0 radical (unpaired) electrons. The van der Waals surface area contributed by atoms with E-state index in [2.05, 4.69) is 5.32 Å². The van der Waals surface area contributed by atoms with Gasteiger partial charge in [0.1, 0.15) is 5.76 Å². The molecule has 0 spiro atoms. The molecule has 7 nitrogen and oxygen atoms in total. The van der Waals surface area contributed by atoms with Crippen LogP contribution in [0.4, 0.5) is 4.79 Å². The van der Waals surface area contributed by atoms with Crippen molar-refractivity contribution in [3.8, 4) is 0 Å². The zero-order valence-electron chi connectivity index (χ0n) is 12.2. The van der Waals surface area contributed by atoms with Crippen LogP contribution in [-0.2, 0) is 16.1 Å². The molecular weight excluding hydrogens is 359 g/mol. The van der Waals surface area contributed by atoms with Crippen LogP contribution in [0.15, 0.2) is 41.0 Å². The Balaban J connectivity index is 1.75. The number of hydrogen-bond acceptors (Lipinski definition) is 5. The second-order valence-electron chi connectivity index (χ2n) is 4.51. The summed E-state index contributed by atoms with van der Waals surface area (Å²) < 4.78 is 9.80. The summed E-state index contributed by atoms with van der Waals surface area (Å²) in [7, 11) is 0. The fourth-order valence-corrected chi connectivity index (χ4v) is 2.14. The van der Waals surface area contributed by atoms with Crippen molar-refractivity contribution < 1.29 is 23.5 Å². The van der Waals surface area contributed by atoms with E-state index < -0.39 is 24.5 Å². The Labute approximate surface area is 146 Å². The van der Waals surface area contributed by atoms with Gasteiger partial charge in [-0.2, -0.15) is 0 Å². The molecule has 0 saturated heterocycles. The molecule has 2 N–H and O–H groups in total. The molecule has 2 rings (SSSR count). The number of amides is 3. The molecule has 0 aliphatic carbocycles. The minimum absolute atomic E-state index is 0.0659. The van der Waals surface area contributed by atoms with E-state index in [1.54, 1.807) is 12.1 Å². The van der Waals surface area contributed by atoms with Gasteiger partial charge in [-0.05, 0) is 30.3 Å². The summed E-state index contributed by atoms with van der Waals surface area (Å²) in [6.07, 6.45) is 1.46. The van der Waals surface area contributed by atoms with Crippen LogP contribution in [0.1, 0.15) is 16.1 Å². The van der Waals surface area contributed by atoms with E-state index in [0.717, 1.165) is 0 Å². The van der Waals surface area contributed by atoms with E-state index in [-0.39, 0.29) is 17.1 Å². The first-order valence-corrected chi connectivity index (χ1v) is 7.43. The summed E-state index contributed by atoms with van der Waals surface area (Å²) in [6.45, 7) is -0.516. The fraction of sp³-hybridized carbons (Fsp3) is 0.133. The van der Waals surface area contributed by atoms with E-state index >= 15 is 0 Å². The molecule has 126 valence electrons. The number of hydrogen-bond donors (Lipinski definition) is 2. The molecule has 1 aromatic heterocycles. The maximum atomic E-state index is 11.8. The van der Waals surface area contributed by atoms with Crippen molar-refractivity contribution in [1.29, 1.82) is 0 Å². The number of ether oxygens (including phenoxy) is 1. The summed E-state index contributed by atoms with van der Waals surface area (Å²) >= 11 is 11.6. The van der Waals surface area contributed by atoms with E-state index in [1.165, 1.54) is 24.5 Å². The molecule has 0 unspecified atom stereocenters. The summed E-state index contributed by atoms with van der Waals surface area (Å²) in [5.74, 6) is -1.06. The van der Waals surface area contributed by atoms with Crippen molar-refractivity contribution in [3.63, 3.8) is 0 Å². The molecule has 0 saturated carbocycles. The maximum absolute atomic E-state index is 11.8. The minimum Gasteiger partial charge on any atom is -0.467 e. The second-order valence-corrected chi connectivity index (χ2v) is 5.35. The first-order valence-electron chi connectivity index (χ1n) is 6.68. The van der Waals surface area contributed by atoms with Crippen LogP contribution in [-0.4, -0.2) is 24.5 Å². The van der Waals surface area contributed by atoms with Gasteiger partial charge in [0.15, 0.2) is 6.61 Å². The van der Waals surface area contributed by atoms with Gasteiger partial charge in [-0.25, -0.2) is 9.59 Å². The summed E-state index contributed by atoms with van der Waals surface area (Å²) in [6, 6.07) is 6.81. The van der Waals surface area contributed by atoms with Crippen molar-refractivity contribution in [2.45, 2.75) is 6.54 Å². The lowest BCUT2D eigenvalue weighted by Gasteiger charge is -2.07. The number of carbonyl (C=O) groups excluding carboxylic acids is 3. The number of benzene rings is 1. The number of carbonyl (C=O) groups is 3. The van der Waals surface area contributed by atoms with Gasteiger partial charge in [-0.1, -0.05) is 23.2 Å². The van der Waals surface area contributed by atoms with Crippen molar-refractivity contribution in [2.75, 3.05) is 6.61 Å². The van der Waals surface area contributed by atoms with E-state index in [1.807, 2.05) is 5.32 Å². The predicted molar refractivity (Wildman–Crippen MR) is 85.8 cm³/mol. The average Bonchev–Trinajstić information content (AvgIpc) is 3.04. The first kappa shape index (κ1) is 17.8. The monoisotopic (exact) mass is 370 g/mol. The van der Waals surface area contributed by atoms with Gasteiger partial charge in [-0.15, -0.1) is 0 Å². The number of imide groups is 1. The molecule has 0 bridgehead atoms. The SMILES string of the molecule is O=C(COC(=O)c1ccc(Cl)cc1Cl)NC(=O)NCc1ccco1. The van der Waals surface area contributed by atoms with Gasteiger partial charge in [0.2, 0.25) is 0 Å². The molecule has 2 aromatic rings. The highest BCUT2D eigenvalue weighted by atomic mass is 35.5. The highest BCUT2D eigenvalue weighted by Gasteiger charge is 2.15. The molecule has 24 heavy (non-hydrogen) atoms. The Morgan fingerprint density at radius 3 is 2.62 bits per heavy atom. The standard InChI is InChI=1S/C15H12Cl2N2O5/c16-9-3-4-11(12(17)6-9)14(21)24-8-13(20)19-15(22)18-7-10-2-1-5-23-10/h1-6H,7-8H2,(H2,18,19,20,22). The van der Waals surface area contributed by atoms with Crippen LogP contribution >= 0.6 is 23.2 Å². The van der Waals surface area contributed by atoms with Crippen LogP contribution in [0.25, 0.3) is 0 Å². The predicted octanol–water partition coefficient (Wildman–Crippen LogP) is 2.77. The average molecular weight is 371 g/mol. The topological polar surface area (TPSA) is 97.6 Å². The van der Waals surface area contributed by atoms with Crippen molar-refractivity contribution >= 4 is 41.1 Å². The lowest BCUT2D eigenvalue weighted by molar-refractivity contribution is -0.123. The van der Waals surface area contributed by atoms with Gasteiger partial charge >= 0.3 is 12.0 Å². The highest BCUT2D eigenvalue weighted by Crippen LogP contribution is 2.21. The largest absolute Gasteiger partial charge is 0.467 e. The minimum atomic E-state index is -0.803. The summed E-state index contributed by atoms with van der Waals surface area (Å²) in [5.41, 5.74) is 0.0659. The smallest absolute Gasteiger partial charge is 0.340 e. The van der Waals surface area contributed by atoms with Crippen LogP contribution in [0.3, 0.4) is 0 Å². The number of rotatable bonds is 5. The van der Waals surface area contributed by atoms with Gasteiger partial charge < -0.3 is 14.5 Å². The molecule has 1 aromatic carbocycles. The Morgan fingerprint density at radius 2 is 1.96 bits per heavy atom. The highest BCUT2D eigenvalue weighted by molar-refractivity contribution is 6.36. The van der Waals surface area contributed by atoms with Gasteiger partial charge in [0.25, 0.3) is 5.91 Å². The fourth-order valence-electron chi connectivity index (χ4n) is 1.65. The van der Waals surface area contributed by atoms with Crippen LogP contribution in [0.5, 0.6) is 0 Å². The maximum Gasteiger partial charge on any atom is 0.340 e. The summed E-state index contributed by atoms with van der Waals surface area (Å²) in [5, 5.41) is 4.89. The van der Waals surface area contributed by atoms with Crippen molar-refractivity contribution in [1.82, 2.24) is 10.6 Å². The van der Waals surface area contributed by atoms with Crippen LogP contribution in [0, 0.1) is 0 Å². The molecule has 9 heteroatoms. The normalized spacial score (nSPS) is 10.1. The molecule has 0 aliphatic rings. The summed E-state index contributed by atoms with van der Waals surface area (Å²) in [4.78, 5) is 34.9. The lowest BCUT2D eigenvalue weighted by atomic mass is 10.2. The number of nitrogens with one attached hydrogen (secondary N) is 2. The molecule has 0 aliphatic heterocycles. The van der Waals surface area contributed by atoms with Gasteiger partial charge in [0, 0.05) is 5.02 Å². The Morgan fingerprint density at radius 1 is 1.17 bits per heavy atom. The number of urea groups is 1. The molecule has 0 atom stereocenters. The number of furan rings is 1. The van der Waals surface area contributed by atoms with Crippen molar-refractivity contribution in [3.05, 3.63) is 58.0 Å². The molecular formula is C15H12Cl2N2O5. The van der Waals surface area contributed by atoms with E-state index in [9.17, 15) is 14.4 Å². The van der Waals surface area contributed by atoms with E-state index in [4.69, 9.17) is 32.4 Å². The van der Waals surface area contributed by atoms with E-state index in [0.29, 0.717) is 10.8 Å². The third-order valence-electron chi connectivity index (χ3n) is 2.74. The zero-order valence-corrected chi connectivity index (χ0v) is 13.7. The molecule has 1 heterocycles. The number of halogens is 2. The van der Waals surface area contributed by atoms with Crippen molar-refractivity contribution in [2.24, 2.45) is 0 Å². The number of esters is 1. The zero-order chi connectivity index (χ0) is 17.5. The third kappa shape index (κ3) is 5.29. The Kier molecular flexibility index (Phi) is 6.22. The second kappa shape index (κ2) is 8.37. The first-order chi connectivity index (χ1) is 11.5. The van der Waals surface area contributed by atoms with Gasteiger partial charge in [-0.3, -0.25) is 10.1 Å². The van der Waals surface area contributed by atoms with Crippen LogP contribution < -0.4 is 10.6 Å². The quantitative estimate of drug-likeness (QED) is 0.788. The lowest BCUT2D eigenvalue weighted by Crippen LogP contribution is -2.41. The molecule has 0 fully saturated rings.